The zero-order valence-corrected chi connectivity index (χ0v) is 9.58. The second kappa shape index (κ2) is 5.50. The van der Waals surface area contributed by atoms with Crippen LogP contribution in [0, 0.1) is 11.8 Å². The van der Waals surface area contributed by atoms with Crippen molar-refractivity contribution in [2.45, 2.75) is 52.6 Å². The van der Waals surface area contributed by atoms with Crippen LogP contribution in [0.3, 0.4) is 0 Å². The standard InChI is InChI=1S/C12H22O2/c1-4-14-12(9(2)3)10-7-5-6-8-11(10)13/h9-10,12H,4-8H2,1-3H3. The topological polar surface area (TPSA) is 26.3 Å². The van der Waals surface area contributed by atoms with Gasteiger partial charge in [0, 0.05) is 18.9 Å². The quantitative estimate of drug-likeness (QED) is 0.694. The second-order valence-electron chi connectivity index (χ2n) is 4.48. The third-order valence-electron chi connectivity index (χ3n) is 3.01. The highest BCUT2D eigenvalue weighted by atomic mass is 16.5. The van der Waals surface area contributed by atoms with Crippen molar-refractivity contribution in [3.8, 4) is 0 Å². The van der Waals surface area contributed by atoms with Crippen LogP contribution < -0.4 is 0 Å². The number of ether oxygens (including phenoxy) is 1. The fourth-order valence-corrected chi connectivity index (χ4v) is 2.32. The molecule has 82 valence electrons. The van der Waals surface area contributed by atoms with Gasteiger partial charge in [-0.3, -0.25) is 4.79 Å². The summed E-state index contributed by atoms with van der Waals surface area (Å²) in [7, 11) is 0. The van der Waals surface area contributed by atoms with Gasteiger partial charge in [0.25, 0.3) is 0 Å². The summed E-state index contributed by atoms with van der Waals surface area (Å²) >= 11 is 0. The molecule has 0 bridgehead atoms. The fourth-order valence-electron chi connectivity index (χ4n) is 2.32. The summed E-state index contributed by atoms with van der Waals surface area (Å²) in [5.41, 5.74) is 0. The van der Waals surface area contributed by atoms with Crippen molar-refractivity contribution in [3.63, 3.8) is 0 Å². The van der Waals surface area contributed by atoms with Crippen molar-refractivity contribution in [2.75, 3.05) is 6.61 Å². The van der Waals surface area contributed by atoms with E-state index in [-0.39, 0.29) is 12.0 Å². The molecule has 0 N–H and O–H groups in total. The number of carbonyl (C=O) groups excluding carboxylic acids is 1. The summed E-state index contributed by atoms with van der Waals surface area (Å²) in [6, 6.07) is 0. The Bertz CT molecular complexity index is 187. The van der Waals surface area contributed by atoms with E-state index in [1.807, 2.05) is 6.92 Å². The van der Waals surface area contributed by atoms with Gasteiger partial charge in [0.1, 0.15) is 5.78 Å². The first-order chi connectivity index (χ1) is 6.66. The lowest BCUT2D eigenvalue weighted by Gasteiger charge is -2.31. The van der Waals surface area contributed by atoms with Crippen molar-refractivity contribution >= 4 is 5.78 Å². The highest BCUT2D eigenvalue weighted by Gasteiger charge is 2.32. The number of hydrogen-bond donors (Lipinski definition) is 0. The molecule has 0 aromatic carbocycles. The molecule has 0 heterocycles. The molecular formula is C12H22O2. The normalized spacial score (nSPS) is 25.4. The molecule has 1 saturated carbocycles. The number of hydrogen-bond acceptors (Lipinski definition) is 2. The molecule has 14 heavy (non-hydrogen) atoms. The molecule has 2 nitrogen and oxygen atoms in total. The largest absolute Gasteiger partial charge is 0.377 e. The summed E-state index contributed by atoms with van der Waals surface area (Å²) in [6.07, 6.45) is 4.20. The molecule has 1 rings (SSSR count). The number of rotatable bonds is 4. The van der Waals surface area contributed by atoms with Gasteiger partial charge in [0.15, 0.2) is 0 Å². The molecule has 0 aliphatic heterocycles. The van der Waals surface area contributed by atoms with Gasteiger partial charge in [0.2, 0.25) is 0 Å². The molecule has 0 radical (unpaired) electrons. The maximum Gasteiger partial charge on any atom is 0.138 e. The van der Waals surface area contributed by atoms with Gasteiger partial charge in [-0.15, -0.1) is 0 Å². The molecule has 0 aromatic rings. The number of carbonyl (C=O) groups is 1. The van der Waals surface area contributed by atoms with Crippen LogP contribution in [0.15, 0.2) is 0 Å². The molecule has 0 spiro atoms. The van der Waals surface area contributed by atoms with Crippen molar-refractivity contribution in [1.82, 2.24) is 0 Å². The van der Waals surface area contributed by atoms with E-state index in [2.05, 4.69) is 13.8 Å². The van der Waals surface area contributed by atoms with Crippen LogP contribution in [0.1, 0.15) is 46.5 Å². The van der Waals surface area contributed by atoms with Gasteiger partial charge in [-0.25, -0.2) is 0 Å². The minimum absolute atomic E-state index is 0.146. The van der Waals surface area contributed by atoms with Crippen molar-refractivity contribution in [3.05, 3.63) is 0 Å². The maximum atomic E-state index is 11.7. The molecule has 0 saturated heterocycles. The van der Waals surface area contributed by atoms with Crippen LogP contribution in [0.2, 0.25) is 0 Å². The third kappa shape index (κ3) is 2.81. The molecule has 1 aliphatic carbocycles. The van der Waals surface area contributed by atoms with Crippen LogP contribution in [0.4, 0.5) is 0 Å². The molecule has 2 unspecified atom stereocenters. The lowest BCUT2D eigenvalue weighted by Crippen LogP contribution is -2.36. The molecule has 0 aromatic heterocycles. The highest BCUT2D eigenvalue weighted by Crippen LogP contribution is 2.28. The SMILES string of the molecule is CCOC(C(C)C)C1CCCCC1=O. The number of Topliss-reactive ketones (excluding diaryl/α,β-unsaturated/α-hetero) is 1. The van der Waals surface area contributed by atoms with Gasteiger partial charge in [-0.05, 0) is 25.7 Å². The molecular weight excluding hydrogens is 176 g/mol. The zero-order chi connectivity index (χ0) is 10.6. The Hall–Kier alpha value is -0.370. The monoisotopic (exact) mass is 198 g/mol. The van der Waals surface area contributed by atoms with E-state index in [9.17, 15) is 4.79 Å². The van der Waals surface area contributed by atoms with E-state index in [1.54, 1.807) is 0 Å². The minimum Gasteiger partial charge on any atom is -0.377 e. The fraction of sp³-hybridized carbons (Fsp3) is 0.917. The first-order valence-electron chi connectivity index (χ1n) is 5.81. The van der Waals surface area contributed by atoms with Gasteiger partial charge in [0.05, 0.1) is 6.10 Å². The van der Waals surface area contributed by atoms with Crippen molar-refractivity contribution in [1.29, 1.82) is 0 Å². The van der Waals surface area contributed by atoms with Crippen LogP contribution in [0.25, 0.3) is 0 Å². The third-order valence-corrected chi connectivity index (χ3v) is 3.01. The molecule has 1 aliphatic rings. The van der Waals surface area contributed by atoms with E-state index in [1.165, 1.54) is 6.42 Å². The van der Waals surface area contributed by atoms with Crippen LogP contribution in [0.5, 0.6) is 0 Å². The zero-order valence-electron chi connectivity index (χ0n) is 9.58. The van der Waals surface area contributed by atoms with Gasteiger partial charge in [-0.1, -0.05) is 20.3 Å². The Morgan fingerprint density at radius 1 is 1.43 bits per heavy atom. The summed E-state index contributed by atoms with van der Waals surface area (Å²) in [4.78, 5) is 11.7. The first-order valence-corrected chi connectivity index (χ1v) is 5.81. The van der Waals surface area contributed by atoms with Gasteiger partial charge >= 0.3 is 0 Å². The van der Waals surface area contributed by atoms with E-state index < -0.39 is 0 Å². The Balaban J connectivity index is 2.60. The van der Waals surface area contributed by atoms with E-state index in [0.717, 1.165) is 19.3 Å². The summed E-state index contributed by atoms with van der Waals surface area (Å²) in [6.45, 7) is 7.00. The average Bonchev–Trinajstić information content (AvgIpc) is 2.15. The van der Waals surface area contributed by atoms with E-state index in [0.29, 0.717) is 18.3 Å². The van der Waals surface area contributed by atoms with E-state index >= 15 is 0 Å². The van der Waals surface area contributed by atoms with Gasteiger partial charge in [-0.2, -0.15) is 0 Å². The molecule has 2 atom stereocenters. The van der Waals surface area contributed by atoms with Crippen molar-refractivity contribution < 1.29 is 9.53 Å². The highest BCUT2D eigenvalue weighted by molar-refractivity contribution is 5.82. The van der Waals surface area contributed by atoms with E-state index in [4.69, 9.17) is 4.74 Å². The minimum atomic E-state index is 0.146. The smallest absolute Gasteiger partial charge is 0.138 e. The van der Waals surface area contributed by atoms with Crippen LogP contribution in [-0.4, -0.2) is 18.5 Å². The Kier molecular flexibility index (Phi) is 4.59. The summed E-state index contributed by atoms with van der Waals surface area (Å²) in [5, 5.41) is 0. The Morgan fingerprint density at radius 3 is 2.64 bits per heavy atom. The average molecular weight is 198 g/mol. The lowest BCUT2D eigenvalue weighted by molar-refractivity contribution is -0.132. The van der Waals surface area contributed by atoms with Crippen molar-refractivity contribution in [2.24, 2.45) is 11.8 Å². The number of ketones is 1. The first kappa shape index (κ1) is 11.7. The van der Waals surface area contributed by atoms with Crippen LogP contribution in [-0.2, 0) is 9.53 Å². The predicted molar refractivity (Wildman–Crippen MR) is 57.2 cm³/mol. The van der Waals surface area contributed by atoms with Crippen LogP contribution >= 0.6 is 0 Å². The molecule has 1 fully saturated rings. The summed E-state index contributed by atoms with van der Waals surface area (Å²) < 4.78 is 5.69. The lowest BCUT2D eigenvalue weighted by atomic mass is 9.80. The molecule has 2 heteroatoms. The predicted octanol–water partition coefficient (Wildman–Crippen LogP) is 2.81. The Morgan fingerprint density at radius 2 is 2.14 bits per heavy atom. The molecule has 0 amide bonds. The second-order valence-corrected chi connectivity index (χ2v) is 4.48. The maximum absolute atomic E-state index is 11.7. The Labute approximate surface area is 87.0 Å². The van der Waals surface area contributed by atoms with Gasteiger partial charge < -0.3 is 4.74 Å². The summed E-state index contributed by atoms with van der Waals surface area (Å²) in [5.74, 6) is 1.04.